The summed E-state index contributed by atoms with van der Waals surface area (Å²) in [6.45, 7) is 4.24. The highest BCUT2D eigenvalue weighted by molar-refractivity contribution is 5.77. The fraction of sp³-hybridized carbons (Fsp3) is 0.889. The van der Waals surface area contributed by atoms with Crippen molar-refractivity contribution in [1.29, 1.82) is 0 Å². The van der Waals surface area contributed by atoms with Crippen LogP contribution in [0.3, 0.4) is 0 Å². The molecule has 0 aliphatic carbocycles. The van der Waals surface area contributed by atoms with E-state index in [0.29, 0.717) is 5.91 Å². The fourth-order valence-electron chi connectivity index (χ4n) is 2.02. The lowest BCUT2D eigenvalue weighted by Crippen LogP contribution is -2.36. The molecule has 12 heavy (non-hydrogen) atoms. The van der Waals surface area contributed by atoms with Gasteiger partial charge in [-0.1, -0.05) is 0 Å². The smallest absolute Gasteiger partial charge is 0.223 e. The summed E-state index contributed by atoms with van der Waals surface area (Å²) in [5.41, 5.74) is 0. The number of likely N-dealkylation sites (tertiary alicyclic amines) is 2. The fourth-order valence-corrected chi connectivity index (χ4v) is 2.02. The average Bonchev–Trinajstić information content (AvgIpc) is 2.65. The van der Waals surface area contributed by atoms with E-state index in [2.05, 4.69) is 4.90 Å². The molecule has 2 fully saturated rings. The lowest BCUT2D eigenvalue weighted by Gasteiger charge is -2.22. The van der Waals surface area contributed by atoms with Crippen LogP contribution < -0.4 is 0 Å². The maximum absolute atomic E-state index is 11.3. The van der Waals surface area contributed by atoms with Gasteiger partial charge >= 0.3 is 0 Å². The summed E-state index contributed by atoms with van der Waals surface area (Å²) in [5.74, 6) is 0.349. The molecular formula is C9H16N2O. The van der Waals surface area contributed by atoms with E-state index in [9.17, 15) is 4.79 Å². The minimum absolute atomic E-state index is 0.349. The van der Waals surface area contributed by atoms with E-state index in [4.69, 9.17) is 0 Å². The van der Waals surface area contributed by atoms with Crippen LogP contribution in [0.1, 0.15) is 25.7 Å². The van der Waals surface area contributed by atoms with Gasteiger partial charge in [-0.25, -0.2) is 0 Å². The Kier molecular flexibility index (Phi) is 2.30. The van der Waals surface area contributed by atoms with Crippen LogP contribution in [0, 0.1) is 0 Å². The molecule has 2 rings (SSSR count). The second kappa shape index (κ2) is 3.44. The van der Waals surface area contributed by atoms with Crippen molar-refractivity contribution in [1.82, 2.24) is 9.80 Å². The molecule has 0 aromatic rings. The standard InChI is InChI=1S/C9H16N2O/c12-9-4-3-7-11(9)8-10-5-1-2-6-10/h1-8H2. The number of carbonyl (C=O) groups excluding carboxylic acids is 1. The SMILES string of the molecule is O=C1CCCN1CN1CCCC1. The van der Waals surface area contributed by atoms with E-state index in [1.54, 1.807) is 0 Å². The Morgan fingerprint density at radius 2 is 1.83 bits per heavy atom. The predicted octanol–water partition coefficient (Wildman–Crippen LogP) is 0.662. The van der Waals surface area contributed by atoms with Gasteiger partial charge in [-0.15, -0.1) is 0 Å². The minimum Gasteiger partial charge on any atom is -0.330 e. The lowest BCUT2D eigenvalue weighted by molar-refractivity contribution is -0.129. The Morgan fingerprint density at radius 3 is 2.42 bits per heavy atom. The van der Waals surface area contributed by atoms with Crippen LogP contribution >= 0.6 is 0 Å². The molecule has 2 aliphatic heterocycles. The summed E-state index contributed by atoms with van der Waals surface area (Å²) < 4.78 is 0. The third-order valence-electron chi connectivity index (χ3n) is 2.74. The van der Waals surface area contributed by atoms with E-state index in [1.165, 1.54) is 25.9 Å². The molecule has 0 unspecified atom stereocenters. The molecule has 0 bridgehead atoms. The van der Waals surface area contributed by atoms with Gasteiger partial charge in [0.2, 0.25) is 5.91 Å². The largest absolute Gasteiger partial charge is 0.330 e. The maximum atomic E-state index is 11.3. The highest BCUT2D eigenvalue weighted by Crippen LogP contribution is 2.13. The quantitative estimate of drug-likeness (QED) is 0.605. The molecule has 2 saturated heterocycles. The number of carbonyl (C=O) groups is 1. The second-order valence-electron chi connectivity index (χ2n) is 3.73. The number of hydrogen-bond acceptors (Lipinski definition) is 2. The van der Waals surface area contributed by atoms with Gasteiger partial charge in [0.05, 0.1) is 6.67 Å². The van der Waals surface area contributed by atoms with Gasteiger partial charge in [-0.2, -0.15) is 0 Å². The van der Waals surface area contributed by atoms with Crippen LogP contribution in [0.4, 0.5) is 0 Å². The first kappa shape index (κ1) is 8.05. The monoisotopic (exact) mass is 168 g/mol. The summed E-state index contributed by atoms with van der Waals surface area (Å²) in [7, 11) is 0. The van der Waals surface area contributed by atoms with Crippen LogP contribution in [-0.4, -0.2) is 42.0 Å². The van der Waals surface area contributed by atoms with Crippen molar-refractivity contribution in [2.24, 2.45) is 0 Å². The maximum Gasteiger partial charge on any atom is 0.223 e. The Bertz CT molecular complexity index is 175. The van der Waals surface area contributed by atoms with E-state index in [-0.39, 0.29) is 0 Å². The summed E-state index contributed by atoms with van der Waals surface area (Å²) in [6, 6.07) is 0. The van der Waals surface area contributed by atoms with Crippen LogP contribution in [0.15, 0.2) is 0 Å². The first-order chi connectivity index (χ1) is 5.86. The third-order valence-corrected chi connectivity index (χ3v) is 2.74. The third kappa shape index (κ3) is 1.61. The first-order valence-corrected chi connectivity index (χ1v) is 4.86. The summed E-state index contributed by atoms with van der Waals surface area (Å²) in [5, 5.41) is 0. The normalized spacial score (nSPS) is 25.7. The zero-order valence-corrected chi connectivity index (χ0v) is 7.46. The molecule has 0 radical (unpaired) electrons. The molecule has 0 saturated carbocycles. The molecule has 2 aliphatic rings. The molecular weight excluding hydrogens is 152 g/mol. The zero-order valence-electron chi connectivity index (χ0n) is 7.46. The van der Waals surface area contributed by atoms with E-state index in [0.717, 1.165) is 26.1 Å². The molecule has 0 aromatic heterocycles. The lowest BCUT2D eigenvalue weighted by atomic mass is 10.4. The highest BCUT2D eigenvalue weighted by Gasteiger charge is 2.23. The van der Waals surface area contributed by atoms with Crippen molar-refractivity contribution in [3.8, 4) is 0 Å². The molecule has 0 N–H and O–H groups in total. The van der Waals surface area contributed by atoms with Gasteiger partial charge < -0.3 is 4.90 Å². The van der Waals surface area contributed by atoms with Crippen molar-refractivity contribution in [2.45, 2.75) is 25.7 Å². The molecule has 68 valence electrons. The molecule has 3 heteroatoms. The Morgan fingerprint density at radius 1 is 1.08 bits per heavy atom. The zero-order chi connectivity index (χ0) is 8.39. The van der Waals surface area contributed by atoms with Crippen molar-refractivity contribution in [3.63, 3.8) is 0 Å². The average molecular weight is 168 g/mol. The van der Waals surface area contributed by atoms with Gasteiger partial charge in [0, 0.05) is 13.0 Å². The topological polar surface area (TPSA) is 23.6 Å². The van der Waals surface area contributed by atoms with E-state index in [1.807, 2.05) is 4.90 Å². The van der Waals surface area contributed by atoms with Crippen LogP contribution in [-0.2, 0) is 4.79 Å². The highest BCUT2D eigenvalue weighted by atomic mass is 16.2. The number of rotatable bonds is 2. The first-order valence-electron chi connectivity index (χ1n) is 4.86. The molecule has 3 nitrogen and oxygen atoms in total. The van der Waals surface area contributed by atoms with Crippen molar-refractivity contribution in [3.05, 3.63) is 0 Å². The van der Waals surface area contributed by atoms with Crippen LogP contribution in [0.2, 0.25) is 0 Å². The van der Waals surface area contributed by atoms with E-state index >= 15 is 0 Å². The van der Waals surface area contributed by atoms with Crippen molar-refractivity contribution < 1.29 is 4.79 Å². The van der Waals surface area contributed by atoms with Gasteiger partial charge in [0.1, 0.15) is 0 Å². The second-order valence-corrected chi connectivity index (χ2v) is 3.73. The Hall–Kier alpha value is -0.570. The summed E-state index contributed by atoms with van der Waals surface area (Å²) in [6.07, 6.45) is 4.45. The molecule has 0 atom stereocenters. The summed E-state index contributed by atoms with van der Waals surface area (Å²) in [4.78, 5) is 15.6. The van der Waals surface area contributed by atoms with Gasteiger partial charge in [-0.3, -0.25) is 9.69 Å². The predicted molar refractivity (Wildman–Crippen MR) is 46.6 cm³/mol. The van der Waals surface area contributed by atoms with Crippen LogP contribution in [0.5, 0.6) is 0 Å². The molecule has 0 spiro atoms. The van der Waals surface area contributed by atoms with Crippen LogP contribution in [0.25, 0.3) is 0 Å². The van der Waals surface area contributed by atoms with Crippen molar-refractivity contribution >= 4 is 5.91 Å². The minimum atomic E-state index is 0.349. The van der Waals surface area contributed by atoms with Gasteiger partial charge in [-0.05, 0) is 32.4 Å². The number of nitrogens with zero attached hydrogens (tertiary/aromatic N) is 2. The van der Waals surface area contributed by atoms with E-state index < -0.39 is 0 Å². The van der Waals surface area contributed by atoms with Crippen molar-refractivity contribution in [2.75, 3.05) is 26.3 Å². The molecule has 2 heterocycles. The number of amides is 1. The number of hydrogen-bond donors (Lipinski definition) is 0. The Balaban J connectivity index is 1.81. The summed E-state index contributed by atoms with van der Waals surface area (Å²) >= 11 is 0. The Labute approximate surface area is 73.3 Å². The van der Waals surface area contributed by atoms with Gasteiger partial charge in [0.15, 0.2) is 0 Å². The molecule has 1 amide bonds. The molecule has 0 aromatic carbocycles. The van der Waals surface area contributed by atoms with Gasteiger partial charge in [0.25, 0.3) is 0 Å².